The number of piperidine rings is 1. The summed E-state index contributed by atoms with van der Waals surface area (Å²) in [6.45, 7) is 8.29. The first-order valence-corrected chi connectivity index (χ1v) is 10.2. The molecule has 2 amide bonds. The highest BCUT2D eigenvalue weighted by Crippen LogP contribution is 2.21. The maximum absolute atomic E-state index is 12.5. The van der Waals surface area contributed by atoms with Crippen LogP contribution < -0.4 is 5.32 Å². The molecule has 2 rings (SSSR count). The number of likely N-dealkylation sites (tertiary alicyclic amines) is 1. The predicted octanol–water partition coefficient (Wildman–Crippen LogP) is 3.03. The van der Waals surface area contributed by atoms with Gasteiger partial charge >= 0.3 is 0 Å². The third-order valence-corrected chi connectivity index (χ3v) is 5.77. The number of aryl methyl sites for hydroxylation is 1. The molecule has 6 nitrogen and oxygen atoms in total. The molecule has 2 heterocycles. The molecule has 25 heavy (non-hydrogen) atoms. The average Bonchev–Trinajstić information content (AvgIpc) is 3.05. The Morgan fingerprint density at radius 1 is 1.24 bits per heavy atom. The van der Waals surface area contributed by atoms with E-state index < -0.39 is 0 Å². The van der Waals surface area contributed by atoms with E-state index in [0.717, 1.165) is 58.2 Å². The zero-order valence-electron chi connectivity index (χ0n) is 15.6. The van der Waals surface area contributed by atoms with Gasteiger partial charge in [-0.1, -0.05) is 31.2 Å². The van der Waals surface area contributed by atoms with Gasteiger partial charge in [-0.05, 0) is 50.1 Å². The highest BCUT2D eigenvalue weighted by Gasteiger charge is 2.26. The van der Waals surface area contributed by atoms with Gasteiger partial charge in [0.1, 0.15) is 4.88 Å². The van der Waals surface area contributed by atoms with Crippen molar-refractivity contribution in [1.29, 1.82) is 0 Å². The summed E-state index contributed by atoms with van der Waals surface area (Å²) in [4.78, 5) is 27.4. The van der Waals surface area contributed by atoms with E-state index in [0.29, 0.717) is 16.5 Å². The van der Waals surface area contributed by atoms with Crippen LogP contribution in [0.5, 0.6) is 0 Å². The van der Waals surface area contributed by atoms with Crippen LogP contribution in [-0.4, -0.2) is 45.9 Å². The van der Waals surface area contributed by atoms with Crippen molar-refractivity contribution in [3.63, 3.8) is 0 Å². The van der Waals surface area contributed by atoms with E-state index in [-0.39, 0.29) is 17.7 Å². The third kappa shape index (κ3) is 5.49. The molecule has 140 valence electrons. The van der Waals surface area contributed by atoms with E-state index in [1.165, 1.54) is 11.5 Å². The molecule has 0 unspecified atom stereocenters. The Bertz CT molecular complexity index is 561. The number of rotatable bonds is 8. The lowest BCUT2D eigenvalue weighted by Crippen LogP contribution is -2.42. The van der Waals surface area contributed by atoms with Crippen LogP contribution in [0.4, 0.5) is 0 Å². The van der Waals surface area contributed by atoms with Crippen molar-refractivity contribution in [2.24, 2.45) is 11.8 Å². The van der Waals surface area contributed by atoms with Crippen LogP contribution in [0, 0.1) is 18.8 Å². The molecule has 1 N–H and O–H groups in total. The summed E-state index contributed by atoms with van der Waals surface area (Å²) in [7, 11) is 0. The maximum atomic E-state index is 12.5. The number of amides is 2. The zero-order chi connectivity index (χ0) is 18.2. The minimum Gasteiger partial charge on any atom is -0.356 e. The molecule has 1 saturated heterocycles. The molecule has 1 aliphatic heterocycles. The fourth-order valence-corrected chi connectivity index (χ4v) is 4.03. The van der Waals surface area contributed by atoms with Gasteiger partial charge in [-0.2, -0.15) is 0 Å². The van der Waals surface area contributed by atoms with Crippen molar-refractivity contribution in [3.8, 4) is 0 Å². The molecule has 0 bridgehead atoms. The fraction of sp³-hybridized carbons (Fsp3) is 0.778. The Morgan fingerprint density at radius 3 is 2.40 bits per heavy atom. The van der Waals surface area contributed by atoms with Gasteiger partial charge in [0.2, 0.25) is 5.91 Å². The summed E-state index contributed by atoms with van der Waals surface area (Å²) in [5, 5.41) is 7.06. The van der Waals surface area contributed by atoms with E-state index in [9.17, 15) is 9.59 Å². The van der Waals surface area contributed by atoms with Gasteiger partial charge in [0.15, 0.2) is 0 Å². The van der Waals surface area contributed by atoms with Gasteiger partial charge in [0.05, 0.1) is 5.69 Å². The van der Waals surface area contributed by atoms with Crippen LogP contribution >= 0.6 is 11.5 Å². The van der Waals surface area contributed by atoms with Crippen LogP contribution in [0.3, 0.4) is 0 Å². The number of nitrogens with one attached hydrogen (secondary N) is 1. The summed E-state index contributed by atoms with van der Waals surface area (Å²) >= 11 is 1.17. The van der Waals surface area contributed by atoms with E-state index in [1.807, 2.05) is 11.8 Å². The van der Waals surface area contributed by atoms with Crippen LogP contribution in [0.15, 0.2) is 0 Å². The number of hydrogen-bond acceptors (Lipinski definition) is 5. The third-order valence-electron chi connectivity index (χ3n) is 4.96. The fourth-order valence-electron chi connectivity index (χ4n) is 3.40. The minimum absolute atomic E-state index is 0.0425. The average molecular weight is 367 g/mol. The monoisotopic (exact) mass is 366 g/mol. The number of hydrogen-bond donors (Lipinski definition) is 1. The molecule has 0 aromatic carbocycles. The van der Waals surface area contributed by atoms with Gasteiger partial charge in [-0.25, -0.2) is 0 Å². The Labute approximate surface area is 154 Å². The van der Waals surface area contributed by atoms with E-state index in [2.05, 4.69) is 28.8 Å². The molecule has 1 aliphatic rings. The Balaban J connectivity index is 1.76. The first kappa shape index (κ1) is 19.8. The van der Waals surface area contributed by atoms with E-state index in [1.54, 1.807) is 0 Å². The summed E-state index contributed by atoms with van der Waals surface area (Å²) in [6, 6.07) is 0. The standard InChI is InChI=1S/C18H30N4O2S/c1-4-6-15(7-5-2)17(23)19-12-14-8-10-22(11-9-14)18(24)16-13(3)20-21-25-16/h14-15H,4-12H2,1-3H3,(H,19,23). The Hall–Kier alpha value is -1.50. The predicted molar refractivity (Wildman–Crippen MR) is 99.6 cm³/mol. The number of nitrogens with zero attached hydrogens (tertiary/aromatic N) is 3. The molecular weight excluding hydrogens is 336 g/mol. The quantitative estimate of drug-likeness (QED) is 0.767. The molecule has 1 aromatic rings. The smallest absolute Gasteiger partial charge is 0.267 e. The molecule has 0 saturated carbocycles. The zero-order valence-corrected chi connectivity index (χ0v) is 16.4. The molecular formula is C18H30N4O2S. The lowest BCUT2D eigenvalue weighted by atomic mass is 9.94. The van der Waals surface area contributed by atoms with Crippen LogP contribution in [0.1, 0.15) is 67.7 Å². The summed E-state index contributed by atoms with van der Waals surface area (Å²) in [5.41, 5.74) is 0.710. The first-order valence-electron chi connectivity index (χ1n) is 9.42. The second-order valence-electron chi connectivity index (χ2n) is 6.94. The van der Waals surface area contributed by atoms with E-state index in [4.69, 9.17) is 0 Å². The number of carbonyl (C=O) groups excluding carboxylic acids is 2. The Morgan fingerprint density at radius 2 is 1.88 bits per heavy atom. The number of aromatic nitrogens is 2. The maximum Gasteiger partial charge on any atom is 0.267 e. The van der Waals surface area contributed by atoms with Gasteiger partial charge in [0.25, 0.3) is 5.91 Å². The molecule has 0 aliphatic carbocycles. The van der Waals surface area contributed by atoms with Crippen LogP contribution in [0.2, 0.25) is 0 Å². The normalized spacial score (nSPS) is 15.6. The Kier molecular flexibility index (Phi) is 7.81. The molecule has 0 spiro atoms. The van der Waals surface area contributed by atoms with Crippen molar-refractivity contribution in [2.45, 2.75) is 59.3 Å². The van der Waals surface area contributed by atoms with Gasteiger partial charge < -0.3 is 10.2 Å². The molecule has 1 aromatic heterocycles. The van der Waals surface area contributed by atoms with Crippen molar-refractivity contribution in [3.05, 3.63) is 10.6 Å². The lowest BCUT2D eigenvalue weighted by Gasteiger charge is -2.32. The van der Waals surface area contributed by atoms with Crippen LogP contribution in [0.25, 0.3) is 0 Å². The largest absolute Gasteiger partial charge is 0.356 e. The summed E-state index contributed by atoms with van der Waals surface area (Å²) < 4.78 is 3.84. The topological polar surface area (TPSA) is 75.2 Å². The van der Waals surface area contributed by atoms with Crippen molar-refractivity contribution >= 4 is 23.3 Å². The highest BCUT2D eigenvalue weighted by atomic mass is 32.1. The summed E-state index contributed by atoms with van der Waals surface area (Å²) in [6.07, 6.45) is 5.89. The highest BCUT2D eigenvalue weighted by molar-refractivity contribution is 7.07. The van der Waals surface area contributed by atoms with Crippen molar-refractivity contribution in [1.82, 2.24) is 19.8 Å². The molecule has 1 fully saturated rings. The summed E-state index contributed by atoms with van der Waals surface area (Å²) in [5.74, 6) is 0.852. The molecule has 0 radical (unpaired) electrons. The van der Waals surface area contributed by atoms with E-state index >= 15 is 0 Å². The molecule has 7 heteroatoms. The first-order chi connectivity index (χ1) is 12.1. The second kappa shape index (κ2) is 9.85. The van der Waals surface area contributed by atoms with Gasteiger partial charge in [0, 0.05) is 25.6 Å². The van der Waals surface area contributed by atoms with Crippen molar-refractivity contribution in [2.75, 3.05) is 19.6 Å². The van der Waals surface area contributed by atoms with Gasteiger partial charge in [-0.15, -0.1) is 5.10 Å². The van der Waals surface area contributed by atoms with Gasteiger partial charge in [-0.3, -0.25) is 9.59 Å². The van der Waals surface area contributed by atoms with Crippen LogP contribution in [-0.2, 0) is 4.79 Å². The second-order valence-corrected chi connectivity index (χ2v) is 7.70. The molecule has 0 atom stereocenters. The minimum atomic E-state index is 0.0425. The number of carbonyl (C=O) groups is 2. The van der Waals surface area contributed by atoms with Crippen molar-refractivity contribution < 1.29 is 9.59 Å². The lowest BCUT2D eigenvalue weighted by molar-refractivity contribution is -0.125. The SMILES string of the molecule is CCCC(CCC)C(=O)NCC1CCN(C(=O)c2snnc2C)CC1.